The van der Waals surface area contributed by atoms with E-state index in [1.54, 1.807) is 36.4 Å². The van der Waals surface area contributed by atoms with E-state index in [4.69, 9.17) is 9.84 Å². The summed E-state index contributed by atoms with van der Waals surface area (Å²) in [5.41, 5.74) is 4.07. The number of nitrogens with zero attached hydrogens (tertiary/aromatic N) is 2. The number of carboxylic acids is 1. The zero-order valence-corrected chi connectivity index (χ0v) is 21.2. The Bertz CT molecular complexity index is 1300. The summed E-state index contributed by atoms with van der Waals surface area (Å²) in [6, 6.07) is 19.1. The van der Waals surface area contributed by atoms with E-state index in [0.29, 0.717) is 12.5 Å². The van der Waals surface area contributed by atoms with Crippen LogP contribution < -0.4 is 4.74 Å². The van der Waals surface area contributed by atoms with Crippen molar-refractivity contribution in [3.8, 4) is 26.9 Å². The van der Waals surface area contributed by atoms with E-state index in [9.17, 15) is 9.18 Å². The van der Waals surface area contributed by atoms with Gasteiger partial charge in [-0.3, -0.25) is 0 Å². The maximum Gasteiger partial charge on any atom is 0.335 e. The van der Waals surface area contributed by atoms with Crippen molar-refractivity contribution in [2.45, 2.75) is 46.1 Å². The van der Waals surface area contributed by atoms with Crippen molar-refractivity contribution in [1.82, 2.24) is 10.2 Å². The molecule has 0 radical (unpaired) electrons. The molecule has 0 amide bonds. The Labute approximate surface area is 214 Å². The average Bonchev–Trinajstić information content (AvgIpc) is 3.39. The van der Waals surface area contributed by atoms with E-state index in [2.05, 4.69) is 30.1 Å². The fourth-order valence-electron chi connectivity index (χ4n) is 4.14. The van der Waals surface area contributed by atoms with Gasteiger partial charge in [0, 0.05) is 11.1 Å². The molecule has 0 fully saturated rings. The molecule has 1 heterocycles. The fourth-order valence-corrected chi connectivity index (χ4v) is 4.98. The summed E-state index contributed by atoms with van der Waals surface area (Å²) in [7, 11) is 0. The molecule has 0 aliphatic rings. The summed E-state index contributed by atoms with van der Waals surface area (Å²) in [4.78, 5) is 11.1. The van der Waals surface area contributed by atoms with E-state index < -0.39 is 5.97 Å². The molecule has 5 nitrogen and oxygen atoms in total. The van der Waals surface area contributed by atoms with Crippen LogP contribution in [0.25, 0.3) is 21.1 Å². The Morgan fingerprint density at radius 3 is 2.28 bits per heavy atom. The summed E-state index contributed by atoms with van der Waals surface area (Å²) in [5, 5.41) is 19.4. The zero-order chi connectivity index (χ0) is 25.5. The van der Waals surface area contributed by atoms with Crippen molar-refractivity contribution >= 4 is 17.3 Å². The van der Waals surface area contributed by atoms with Crippen LogP contribution >= 0.6 is 11.3 Å². The molecule has 186 valence electrons. The van der Waals surface area contributed by atoms with Gasteiger partial charge in [-0.15, -0.1) is 10.2 Å². The van der Waals surface area contributed by atoms with E-state index in [1.807, 2.05) is 12.1 Å². The van der Waals surface area contributed by atoms with Crippen LogP contribution in [0.4, 0.5) is 4.39 Å². The summed E-state index contributed by atoms with van der Waals surface area (Å²) in [6.45, 7) is 4.79. The van der Waals surface area contributed by atoms with Crippen molar-refractivity contribution in [2.75, 3.05) is 0 Å². The first-order chi connectivity index (χ1) is 17.5. The second kappa shape index (κ2) is 11.9. The van der Waals surface area contributed by atoms with E-state index in [0.717, 1.165) is 63.7 Å². The smallest absolute Gasteiger partial charge is 0.335 e. The first-order valence-corrected chi connectivity index (χ1v) is 13.0. The summed E-state index contributed by atoms with van der Waals surface area (Å²) in [6.07, 6.45) is 4.27. The highest BCUT2D eigenvalue weighted by atomic mass is 32.1. The van der Waals surface area contributed by atoms with Crippen molar-refractivity contribution in [1.29, 1.82) is 0 Å². The van der Waals surface area contributed by atoms with Gasteiger partial charge in [-0.2, -0.15) is 0 Å². The molecule has 1 atom stereocenters. The molecule has 1 aromatic heterocycles. The molecule has 7 heteroatoms. The average molecular weight is 505 g/mol. The van der Waals surface area contributed by atoms with Gasteiger partial charge < -0.3 is 9.84 Å². The minimum Gasteiger partial charge on any atom is -0.489 e. The van der Waals surface area contributed by atoms with Crippen LogP contribution in [0.2, 0.25) is 0 Å². The molecule has 0 saturated heterocycles. The van der Waals surface area contributed by atoms with E-state index in [-0.39, 0.29) is 11.4 Å². The monoisotopic (exact) mass is 504 g/mol. The SMILES string of the molecule is CCCC(CC)Cc1cc(-c2nnc(-c3ccc(C(=O)O)cc3)s2)ccc1OCc1ccc(F)cc1. The molecule has 0 aliphatic heterocycles. The van der Waals surface area contributed by atoms with Crippen molar-refractivity contribution < 1.29 is 19.0 Å². The predicted molar refractivity (Wildman–Crippen MR) is 141 cm³/mol. The van der Waals surface area contributed by atoms with Gasteiger partial charge in [0.15, 0.2) is 0 Å². The molecule has 3 aromatic carbocycles. The Hall–Kier alpha value is -3.58. The van der Waals surface area contributed by atoms with E-state index >= 15 is 0 Å². The third kappa shape index (κ3) is 6.34. The minimum absolute atomic E-state index is 0.238. The third-order valence-electron chi connectivity index (χ3n) is 6.20. The molecular weight excluding hydrogens is 475 g/mol. The van der Waals surface area contributed by atoms with Gasteiger partial charge in [-0.05, 0) is 65.9 Å². The van der Waals surface area contributed by atoms with Crippen LogP contribution in [0.1, 0.15) is 54.6 Å². The number of benzene rings is 3. The minimum atomic E-state index is -0.956. The lowest BCUT2D eigenvalue weighted by molar-refractivity contribution is 0.0697. The van der Waals surface area contributed by atoms with Gasteiger partial charge in [0.05, 0.1) is 5.56 Å². The van der Waals surface area contributed by atoms with Crippen molar-refractivity contribution in [3.05, 3.63) is 89.2 Å². The van der Waals surface area contributed by atoms with Gasteiger partial charge in [0.1, 0.15) is 28.2 Å². The Balaban J connectivity index is 1.59. The molecule has 1 N–H and O–H groups in total. The lowest BCUT2D eigenvalue weighted by atomic mass is 9.91. The van der Waals surface area contributed by atoms with Crippen LogP contribution in [-0.2, 0) is 13.0 Å². The first-order valence-electron chi connectivity index (χ1n) is 12.1. The normalized spacial score (nSPS) is 11.9. The quantitative estimate of drug-likeness (QED) is 0.227. The molecule has 4 aromatic rings. The Morgan fingerprint density at radius 1 is 0.972 bits per heavy atom. The number of halogens is 1. The molecule has 4 rings (SSSR count). The van der Waals surface area contributed by atoms with Gasteiger partial charge in [0.25, 0.3) is 0 Å². The number of ether oxygens (including phenoxy) is 1. The number of rotatable bonds is 11. The highest BCUT2D eigenvalue weighted by Crippen LogP contribution is 2.34. The maximum absolute atomic E-state index is 13.3. The third-order valence-corrected chi connectivity index (χ3v) is 7.22. The molecule has 0 spiro atoms. The van der Waals surface area contributed by atoms with Crippen LogP contribution in [0.3, 0.4) is 0 Å². The number of carboxylic acid groups (broad SMARTS) is 1. The summed E-state index contributed by atoms with van der Waals surface area (Å²) < 4.78 is 19.4. The second-order valence-corrected chi connectivity index (χ2v) is 9.78. The van der Waals surface area contributed by atoms with Gasteiger partial charge >= 0.3 is 5.97 Å². The van der Waals surface area contributed by atoms with E-state index in [1.165, 1.54) is 23.5 Å². The predicted octanol–water partition coefficient (Wildman–Crippen LogP) is 7.66. The van der Waals surface area contributed by atoms with Crippen LogP contribution in [0.15, 0.2) is 66.7 Å². The maximum atomic E-state index is 13.3. The Morgan fingerprint density at radius 2 is 1.64 bits per heavy atom. The van der Waals surface area contributed by atoms with Crippen LogP contribution in [-0.4, -0.2) is 21.3 Å². The Kier molecular flexibility index (Phi) is 8.44. The number of hydrogen-bond acceptors (Lipinski definition) is 5. The molecule has 0 saturated carbocycles. The molecule has 36 heavy (non-hydrogen) atoms. The molecule has 1 unspecified atom stereocenters. The van der Waals surface area contributed by atoms with Gasteiger partial charge in [0.2, 0.25) is 0 Å². The zero-order valence-electron chi connectivity index (χ0n) is 20.4. The van der Waals surface area contributed by atoms with Gasteiger partial charge in [-0.25, -0.2) is 9.18 Å². The number of aromatic carboxylic acids is 1. The first kappa shape index (κ1) is 25.5. The topological polar surface area (TPSA) is 72.3 Å². The van der Waals surface area contributed by atoms with Crippen molar-refractivity contribution in [2.24, 2.45) is 5.92 Å². The highest BCUT2D eigenvalue weighted by molar-refractivity contribution is 7.17. The fraction of sp³-hybridized carbons (Fsp3) is 0.276. The molecular formula is C29H29FN2O3S. The largest absolute Gasteiger partial charge is 0.489 e. The van der Waals surface area contributed by atoms with Crippen LogP contribution in [0.5, 0.6) is 5.75 Å². The summed E-state index contributed by atoms with van der Waals surface area (Å²) >= 11 is 1.47. The summed E-state index contributed by atoms with van der Waals surface area (Å²) in [5.74, 6) is 0.161. The lowest BCUT2D eigenvalue weighted by Gasteiger charge is -2.18. The van der Waals surface area contributed by atoms with Crippen molar-refractivity contribution in [3.63, 3.8) is 0 Å². The number of carbonyl (C=O) groups is 1. The standard InChI is InChI=1S/C29H29FN2O3S/c1-3-5-19(4-2)16-24-17-23(12-15-26(24)35-18-20-6-13-25(30)14-7-20)28-32-31-27(36-28)21-8-10-22(11-9-21)29(33)34/h6-15,17,19H,3-5,16,18H2,1-2H3,(H,33,34). The second-order valence-electron chi connectivity index (χ2n) is 8.80. The number of hydrogen-bond donors (Lipinski definition) is 1. The van der Waals surface area contributed by atoms with Gasteiger partial charge in [-0.1, -0.05) is 68.7 Å². The molecule has 0 aliphatic carbocycles. The molecule has 0 bridgehead atoms. The number of aromatic nitrogens is 2. The lowest BCUT2D eigenvalue weighted by Crippen LogP contribution is -2.06. The van der Waals surface area contributed by atoms with Crippen LogP contribution in [0, 0.1) is 11.7 Å². The highest BCUT2D eigenvalue weighted by Gasteiger charge is 2.16.